The smallest absolute Gasteiger partial charge is 0.328 e. The Labute approximate surface area is 141 Å². The largest absolute Gasteiger partial charge is 0.490 e. The van der Waals surface area contributed by atoms with E-state index in [0.717, 1.165) is 11.6 Å². The lowest BCUT2D eigenvalue weighted by molar-refractivity contribution is -0.131. The third-order valence-electron chi connectivity index (χ3n) is 3.04. The van der Waals surface area contributed by atoms with Crippen molar-refractivity contribution in [3.8, 4) is 17.2 Å². The average molecular weight is 328 g/mol. The van der Waals surface area contributed by atoms with Crippen molar-refractivity contribution in [2.75, 3.05) is 19.8 Å². The number of carboxylic acids is 1. The Bertz CT molecular complexity index is 694. The number of aliphatic carboxylic acids is 1. The minimum absolute atomic E-state index is 0.368. The summed E-state index contributed by atoms with van der Waals surface area (Å²) in [6.07, 6.45) is 2.61. The predicted octanol–water partition coefficient (Wildman–Crippen LogP) is 3.64. The molecule has 2 rings (SSSR count). The fraction of sp³-hybridized carbons (Fsp3) is 0.211. The highest BCUT2D eigenvalue weighted by atomic mass is 16.5. The van der Waals surface area contributed by atoms with Crippen molar-refractivity contribution in [3.63, 3.8) is 0 Å². The van der Waals surface area contributed by atoms with Crippen LogP contribution in [0.5, 0.6) is 17.2 Å². The van der Waals surface area contributed by atoms with Crippen LogP contribution in [0.25, 0.3) is 6.08 Å². The molecular weight excluding hydrogens is 308 g/mol. The molecule has 0 aliphatic heterocycles. The monoisotopic (exact) mass is 328 g/mol. The predicted molar refractivity (Wildman–Crippen MR) is 91.7 cm³/mol. The number of carbonyl (C=O) groups is 1. The van der Waals surface area contributed by atoms with E-state index in [0.29, 0.717) is 37.1 Å². The van der Waals surface area contributed by atoms with E-state index < -0.39 is 5.97 Å². The van der Waals surface area contributed by atoms with Gasteiger partial charge in [-0.2, -0.15) is 0 Å². The normalized spacial score (nSPS) is 10.5. The number of benzene rings is 2. The summed E-state index contributed by atoms with van der Waals surface area (Å²) in [7, 11) is 0. The maximum Gasteiger partial charge on any atom is 0.328 e. The molecule has 0 aliphatic carbocycles. The van der Waals surface area contributed by atoms with Crippen molar-refractivity contribution in [2.45, 2.75) is 6.92 Å². The van der Waals surface area contributed by atoms with Crippen molar-refractivity contribution >= 4 is 12.0 Å². The molecule has 0 fully saturated rings. The summed E-state index contributed by atoms with van der Waals surface area (Å²) >= 11 is 0. The first-order valence-corrected chi connectivity index (χ1v) is 7.67. The van der Waals surface area contributed by atoms with Gasteiger partial charge in [0.25, 0.3) is 0 Å². The van der Waals surface area contributed by atoms with Gasteiger partial charge in [0.05, 0.1) is 6.61 Å². The lowest BCUT2D eigenvalue weighted by atomic mass is 10.2. The first kappa shape index (κ1) is 17.4. The number of para-hydroxylation sites is 2. The molecule has 0 aromatic heterocycles. The van der Waals surface area contributed by atoms with Gasteiger partial charge in [-0.15, -0.1) is 0 Å². The lowest BCUT2D eigenvalue weighted by Crippen LogP contribution is -2.09. The Morgan fingerprint density at radius 1 is 1.00 bits per heavy atom. The molecule has 0 spiro atoms. The Hall–Kier alpha value is -2.95. The Balaban J connectivity index is 1.84. The van der Waals surface area contributed by atoms with Gasteiger partial charge in [0, 0.05) is 6.08 Å². The summed E-state index contributed by atoms with van der Waals surface area (Å²) in [5.74, 6) is 1.06. The van der Waals surface area contributed by atoms with Gasteiger partial charge < -0.3 is 19.3 Å². The van der Waals surface area contributed by atoms with Crippen molar-refractivity contribution in [1.29, 1.82) is 0 Å². The third kappa shape index (κ3) is 5.68. The van der Waals surface area contributed by atoms with Crippen LogP contribution in [0.4, 0.5) is 0 Å². The van der Waals surface area contributed by atoms with Crippen LogP contribution in [-0.2, 0) is 4.79 Å². The van der Waals surface area contributed by atoms with E-state index in [4.69, 9.17) is 19.3 Å². The molecule has 0 unspecified atom stereocenters. The number of hydrogen-bond acceptors (Lipinski definition) is 4. The van der Waals surface area contributed by atoms with E-state index in [9.17, 15) is 4.79 Å². The molecule has 5 heteroatoms. The van der Waals surface area contributed by atoms with Gasteiger partial charge in [0.2, 0.25) is 0 Å². The molecule has 0 saturated carbocycles. The van der Waals surface area contributed by atoms with Gasteiger partial charge in [-0.1, -0.05) is 24.3 Å². The average Bonchev–Trinajstić information content (AvgIpc) is 2.59. The summed E-state index contributed by atoms with van der Waals surface area (Å²) in [6, 6.07) is 14.7. The summed E-state index contributed by atoms with van der Waals surface area (Å²) in [5, 5.41) is 8.64. The summed E-state index contributed by atoms with van der Waals surface area (Å²) in [6.45, 7) is 3.24. The van der Waals surface area contributed by atoms with E-state index in [1.807, 2.05) is 43.3 Å². The molecule has 2 aromatic carbocycles. The minimum atomic E-state index is -0.984. The van der Waals surface area contributed by atoms with Gasteiger partial charge in [0.15, 0.2) is 11.5 Å². The second kappa shape index (κ2) is 9.25. The highest BCUT2D eigenvalue weighted by Crippen LogP contribution is 2.26. The lowest BCUT2D eigenvalue weighted by Gasteiger charge is -2.12. The molecule has 0 saturated heterocycles. The molecule has 0 heterocycles. The zero-order chi connectivity index (χ0) is 17.2. The van der Waals surface area contributed by atoms with E-state index in [-0.39, 0.29) is 0 Å². The van der Waals surface area contributed by atoms with Crippen LogP contribution in [0.3, 0.4) is 0 Å². The first-order valence-electron chi connectivity index (χ1n) is 7.67. The molecule has 1 N–H and O–H groups in total. The molecule has 5 nitrogen and oxygen atoms in total. The summed E-state index contributed by atoms with van der Waals surface area (Å²) in [5.41, 5.74) is 0.762. The van der Waals surface area contributed by atoms with E-state index in [2.05, 4.69) is 0 Å². The fourth-order valence-electron chi connectivity index (χ4n) is 2.03. The zero-order valence-corrected chi connectivity index (χ0v) is 13.5. The number of ether oxygens (including phenoxy) is 3. The molecule has 0 amide bonds. The number of carboxylic acid groups (broad SMARTS) is 1. The van der Waals surface area contributed by atoms with E-state index in [1.54, 1.807) is 12.1 Å². The van der Waals surface area contributed by atoms with Crippen LogP contribution in [0.15, 0.2) is 54.6 Å². The van der Waals surface area contributed by atoms with Crippen LogP contribution in [-0.4, -0.2) is 30.9 Å². The first-order chi connectivity index (χ1) is 11.7. The van der Waals surface area contributed by atoms with Gasteiger partial charge in [-0.05, 0) is 42.8 Å². The number of rotatable bonds is 9. The number of hydrogen-bond donors (Lipinski definition) is 1. The molecule has 2 aromatic rings. The second-order valence-corrected chi connectivity index (χ2v) is 4.82. The molecule has 0 atom stereocenters. The van der Waals surface area contributed by atoms with Crippen molar-refractivity contribution < 1.29 is 24.1 Å². The van der Waals surface area contributed by atoms with Gasteiger partial charge in [-0.3, -0.25) is 0 Å². The maximum absolute atomic E-state index is 10.5. The Morgan fingerprint density at radius 2 is 1.71 bits per heavy atom. The Morgan fingerprint density at radius 3 is 2.42 bits per heavy atom. The van der Waals surface area contributed by atoms with Crippen molar-refractivity contribution in [2.24, 2.45) is 0 Å². The fourth-order valence-corrected chi connectivity index (χ4v) is 2.03. The molecule has 24 heavy (non-hydrogen) atoms. The molecule has 0 aliphatic rings. The van der Waals surface area contributed by atoms with Crippen molar-refractivity contribution in [3.05, 3.63) is 60.2 Å². The standard InChI is InChI=1S/C19H20O5/c1-2-22-17-8-3-4-9-18(17)24-13-12-23-16-7-5-6-15(14-16)10-11-19(20)21/h3-11,14H,2,12-13H2,1H3,(H,20,21). The quantitative estimate of drug-likeness (QED) is 0.562. The summed E-state index contributed by atoms with van der Waals surface area (Å²) < 4.78 is 16.8. The molecular formula is C19H20O5. The minimum Gasteiger partial charge on any atom is -0.490 e. The van der Waals surface area contributed by atoms with E-state index >= 15 is 0 Å². The van der Waals surface area contributed by atoms with Gasteiger partial charge >= 0.3 is 5.97 Å². The summed E-state index contributed by atoms with van der Waals surface area (Å²) in [4.78, 5) is 10.5. The topological polar surface area (TPSA) is 65.0 Å². The van der Waals surface area contributed by atoms with Crippen LogP contribution in [0, 0.1) is 0 Å². The molecule has 0 bridgehead atoms. The van der Waals surface area contributed by atoms with Crippen LogP contribution < -0.4 is 14.2 Å². The Kier molecular flexibility index (Phi) is 6.71. The second-order valence-electron chi connectivity index (χ2n) is 4.82. The zero-order valence-electron chi connectivity index (χ0n) is 13.5. The van der Waals surface area contributed by atoms with Gasteiger partial charge in [0.1, 0.15) is 19.0 Å². The van der Waals surface area contributed by atoms with E-state index in [1.165, 1.54) is 6.08 Å². The van der Waals surface area contributed by atoms with Crippen LogP contribution >= 0.6 is 0 Å². The maximum atomic E-state index is 10.5. The SMILES string of the molecule is CCOc1ccccc1OCCOc1cccc(C=CC(=O)O)c1. The van der Waals surface area contributed by atoms with Crippen molar-refractivity contribution in [1.82, 2.24) is 0 Å². The molecule has 126 valence electrons. The van der Waals surface area contributed by atoms with Gasteiger partial charge in [-0.25, -0.2) is 4.79 Å². The van der Waals surface area contributed by atoms with Crippen LogP contribution in [0.1, 0.15) is 12.5 Å². The highest BCUT2D eigenvalue weighted by molar-refractivity contribution is 5.85. The molecule has 0 radical (unpaired) electrons. The highest BCUT2D eigenvalue weighted by Gasteiger charge is 2.03. The van der Waals surface area contributed by atoms with Crippen LogP contribution in [0.2, 0.25) is 0 Å². The third-order valence-corrected chi connectivity index (χ3v) is 3.04.